The van der Waals surface area contributed by atoms with Crippen LogP contribution in [0, 0.1) is 0 Å². The van der Waals surface area contributed by atoms with Gasteiger partial charge in [-0.15, -0.1) is 0 Å². The molecule has 2 aliphatic rings. The number of piperazine rings is 1. The first-order chi connectivity index (χ1) is 15.4. The number of benzene rings is 1. The average molecular weight is 470 g/mol. The van der Waals surface area contributed by atoms with E-state index in [2.05, 4.69) is 21.6 Å². The first-order valence-electron chi connectivity index (χ1n) is 11.3. The Morgan fingerprint density at radius 3 is 2.42 bits per heavy atom. The molecule has 0 unspecified atom stereocenters. The Bertz CT molecular complexity index is 793. The summed E-state index contributed by atoms with van der Waals surface area (Å²) in [5.74, 6) is -2.77. The Hall–Kier alpha value is -2.62. The van der Waals surface area contributed by atoms with Crippen LogP contribution in [0.15, 0.2) is 18.2 Å². The molecule has 2 heterocycles. The van der Waals surface area contributed by atoms with Crippen molar-refractivity contribution in [2.75, 3.05) is 68.5 Å². The molecular formula is C23H37F2N5O3. The molecule has 0 bridgehead atoms. The van der Waals surface area contributed by atoms with Gasteiger partial charge in [0.25, 0.3) is 5.92 Å². The van der Waals surface area contributed by atoms with Gasteiger partial charge in [-0.1, -0.05) is 6.07 Å². The van der Waals surface area contributed by atoms with Crippen LogP contribution < -0.4 is 20.4 Å². The molecule has 8 nitrogen and oxygen atoms in total. The Morgan fingerprint density at radius 2 is 1.88 bits per heavy atom. The topological polar surface area (TPSA) is 77.2 Å². The summed E-state index contributed by atoms with van der Waals surface area (Å²) in [4.78, 5) is 27.6. The van der Waals surface area contributed by atoms with Crippen molar-refractivity contribution in [3.63, 3.8) is 0 Å². The lowest BCUT2D eigenvalue weighted by atomic mass is 10.1. The summed E-state index contributed by atoms with van der Waals surface area (Å²) in [6.07, 6.45) is 0.254. The summed E-state index contributed by atoms with van der Waals surface area (Å²) in [6, 6.07) is 6.02. The van der Waals surface area contributed by atoms with Gasteiger partial charge in [0.15, 0.2) is 0 Å². The lowest BCUT2D eigenvalue weighted by Gasteiger charge is -2.33. The molecule has 2 fully saturated rings. The average Bonchev–Trinajstić information content (AvgIpc) is 2.73. The van der Waals surface area contributed by atoms with Crippen LogP contribution in [-0.2, 0) is 9.53 Å². The lowest BCUT2D eigenvalue weighted by molar-refractivity contribution is -0.105. The highest BCUT2D eigenvalue weighted by molar-refractivity contribution is 5.89. The minimum Gasteiger partial charge on any atom is -0.444 e. The monoisotopic (exact) mass is 469 g/mol. The summed E-state index contributed by atoms with van der Waals surface area (Å²) >= 11 is 0. The van der Waals surface area contributed by atoms with Crippen molar-refractivity contribution in [1.82, 2.24) is 10.2 Å². The maximum Gasteiger partial charge on any atom is 0.410 e. The van der Waals surface area contributed by atoms with Gasteiger partial charge in [0.1, 0.15) is 5.60 Å². The molecular weight excluding hydrogens is 432 g/mol. The normalized spacial score (nSPS) is 18.0. The van der Waals surface area contributed by atoms with Gasteiger partial charge >= 0.3 is 6.09 Å². The number of anilines is 3. The quantitative estimate of drug-likeness (QED) is 0.659. The van der Waals surface area contributed by atoms with Gasteiger partial charge in [0.05, 0.1) is 23.6 Å². The molecule has 0 saturated carbocycles. The van der Waals surface area contributed by atoms with Gasteiger partial charge in [0, 0.05) is 53.2 Å². The van der Waals surface area contributed by atoms with E-state index in [1.807, 2.05) is 31.1 Å². The Balaban J connectivity index is 0.000000238. The molecule has 0 radical (unpaired) electrons. The fraction of sp³-hybridized carbons (Fsp3) is 0.652. The van der Waals surface area contributed by atoms with Crippen LogP contribution in [0.4, 0.5) is 30.6 Å². The minimum absolute atomic E-state index is 0.147. The number of rotatable bonds is 4. The summed E-state index contributed by atoms with van der Waals surface area (Å²) in [6.45, 7) is 8.95. The number of nitrogens with zero attached hydrogens (tertiary/aromatic N) is 3. The molecule has 0 aromatic heterocycles. The van der Waals surface area contributed by atoms with E-state index in [0.717, 1.165) is 48.9 Å². The molecule has 0 aliphatic carbocycles. The number of likely N-dealkylation sites (tertiary alicyclic amines) is 1. The highest BCUT2D eigenvalue weighted by Gasteiger charge is 2.38. The summed E-state index contributed by atoms with van der Waals surface area (Å²) in [7, 11) is 3.99. The Morgan fingerprint density at radius 1 is 1.21 bits per heavy atom. The number of hydrogen-bond donors (Lipinski definition) is 2. The van der Waals surface area contributed by atoms with Gasteiger partial charge in [-0.05, 0) is 39.3 Å². The molecule has 2 N–H and O–H groups in total. The molecule has 1 aromatic rings. The highest BCUT2D eigenvalue weighted by Crippen LogP contribution is 2.35. The second-order valence-corrected chi connectivity index (χ2v) is 9.43. The SMILES string of the molecule is CC(C)(C)OC(=O)N1CCCC(F)(F)C1.CN(C)c1c(NC=O)cccc1N1CCNCC1. The van der Waals surface area contributed by atoms with E-state index < -0.39 is 24.2 Å². The van der Waals surface area contributed by atoms with Crippen molar-refractivity contribution in [3.8, 4) is 0 Å². The van der Waals surface area contributed by atoms with Gasteiger partial charge in [-0.3, -0.25) is 4.79 Å². The second-order valence-electron chi connectivity index (χ2n) is 9.43. The van der Waals surface area contributed by atoms with Crippen molar-refractivity contribution in [1.29, 1.82) is 0 Å². The van der Waals surface area contributed by atoms with Crippen LogP contribution in [-0.4, -0.2) is 82.3 Å². The van der Waals surface area contributed by atoms with Crippen LogP contribution in [0.1, 0.15) is 33.6 Å². The Labute approximate surface area is 195 Å². The van der Waals surface area contributed by atoms with Crippen molar-refractivity contribution >= 4 is 29.6 Å². The van der Waals surface area contributed by atoms with E-state index in [1.165, 1.54) is 5.69 Å². The summed E-state index contributed by atoms with van der Waals surface area (Å²) in [5.41, 5.74) is 2.45. The third-order valence-corrected chi connectivity index (χ3v) is 5.18. The minimum atomic E-state index is -2.77. The number of piperidine rings is 1. The van der Waals surface area contributed by atoms with Crippen molar-refractivity contribution in [2.24, 2.45) is 0 Å². The zero-order valence-corrected chi connectivity index (χ0v) is 20.3. The third kappa shape index (κ3) is 8.34. The standard InChI is InChI=1S/C13H20N4O.C10H17F2NO2/c1-16(2)13-11(15-10-18)4-3-5-12(13)17-8-6-14-7-9-17;1-9(2,3)15-8(14)13-6-4-5-10(11,12)7-13/h3-5,10,14H,6-9H2,1-2H3,(H,15,18);4-7H2,1-3H3. The van der Waals surface area contributed by atoms with Crippen molar-refractivity contribution in [3.05, 3.63) is 18.2 Å². The van der Waals surface area contributed by atoms with Crippen molar-refractivity contribution < 1.29 is 23.1 Å². The summed E-state index contributed by atoms with van der Waals surface area (Å²) < 4.78 is 31.0. The zero-order chi connectivity index (χ0) is 24.6. The van der Waals surface area contributed by atoms with Crippen LogP contribution in [0.25, 0.3) is 0 Å². The smallest absolute Gasteiger partial charge is 0.410 e. The number of ether oxygens (including phenoxy) is 1. The van der Waals surface area contributed by atoms with Gasteiger partial charge in [-0.2, -0.15) is 0 Å². The molecule has 2 aliphatic heterocycles. The molecule has 10 heteroatoms. The molecule has 0 atom stereocenters. The number of para-hydroxylation sites is 1. The number of alkyl halides is 2. The first kappa shape index (κ1) is 26.6. The van der Waals surface area contributed by atoms with E-state index >= 15 is 0 Å². The molecule has 0 spiro atoms. The third-order valence-electron chi connectivity index (χ3n) is 5.18. The molecule has 1 aromatic carbocycles. The first-order valence-corrected chi connectivity index (χ1v) is 11.3. The van der Waals surface area contributed by atoms with E-state index in [9.17, 15) is 18.4 Å². The highest BCUT2D eigenvalue weighted by atomic mass is 19.3. The number of hydrogen-bond acceptors (Lipinski definition) is 6. The van der Waals surface area contributed by atoms with Crippen LogP contribution in [0.3, 0.4) is 0 Å². The maximum atomic E-state index is 13.0. The zero-order valence-electron chi connectivity index (χ0n) is 20.3. The van der Waals surface area contributed by atoms with E-state index in [1.54, 1.807) is 20.8 Å². The fourth-order valence-electron chi connectivity index (χ4n) is 3.79. The molecule has 186 valence electrons. The lowest BCUT2D eigenvalue weighted by Crippen LogP contribution is -2.47. The number of carbonyl (C=O) groups is 2. The van der Waals surface area contributed by atoms with Crippen molar-refractivity contribution in [2.45, 2.75) is 45.1 Å². The number of halogens is 2. The van der Waals surface area contributed by atoms with Gasteiger partial charge in [0.2, 0.25) is 6.41 Å². The fourth-order valence-corrected chi connectivity index (χ4v) is 3.79. The van der Waals surface area contributed by atoms with Crippen LogP contribution in [0.2, 0.25) is 0 Å². The number of carbonyl (C=O) groups excluding carboxylic acids is 2. The largest absolute Gasteiger partial charge is 0.444 e. The van der Waals surface area contributed by atoms with E-state index in [0.29, 0.717) is 13.0 Å². The van der Waals surface area contributed by atoms with E-state index in [4.69, 9.17) is 4.74 Å². The van der Waals surface area contributed by atoms with Crippen LogP contribution in [0.5, 0.6) is 0 Å². The molecule has 2 amide bonds. The summed E-state index contributed by atoms with van der Waals surface area (Å²) in [5, 5.41) is 6.12. The Kier molecular flexibility index (Phi) is 9.27. The second kappa shape index (κ2) is 11.5. The number of nitrogens with one attached hydrogen (secondary N) is 2. The molecule has 2 saturated heterocycles. The predicted molar refractivity (Wildman–Crippen MR) is 128 cm³/mol. The molecule has 33 heavy (non-hydrogen) atoms. The van der Waals surface area contributed by atoms with Gasteiger partial charge < -0.3 is 30.1 Å². The number of amides is 2. The molecule has 3 rings (SSSR count). The maximum absolute atomic E-state index is 13.0. The van der Waals surface area contributed by atoms with Gasteiger partial charge in [-0.25, -0.2) is 13.6 Å². The van der Waals surface area contributed by atoms with Crippen LogP contribution >= 0.6 is 0 Å². The predicted octanol–water partition coefficient (Wildman–Crippen LogP) is 3.38. The van der Waals surface area contributed by atoms with E-state index in [-0.39, 0.29) is 6.42 Å².